The summed E-state index contributed by atoms with van der Waals surface area (Å²) in [6.45, 7) is 1.60. The first-order chi connectivity index (χ1) is 7.74. The van der Waals surface area contributed by atoms with Gasteiger partial charge in [-0.05, 0) is 17.7 Å². The van der Waals surface area contributed by atoms with Gasteiger partial charge in [-0.3, -0.25) is 10.2 Å². The number of benzene rings is 1. The highest BCUT2D eigenvalue weighted by atomic mass is 16.4. The van der Waals surface area contributed by atoms with Crippen LogP contribution in [0.25, 0.3) is 6.08 Å². The summed E-state index contributed by atoms with van der Waals surface area (Å²) in [5.41, 5.74) is 5.16. The van der Waals surface area contributed by atoms with Gasteiger partial charge in [0.1, 0.15) is 0 Å². The van der Waals surface area contributed by atoms with Gasteiger partial charge in [-0.1, -0.05) is 31.2 Å². The van der Waals surface area contributed by atoms with Crippen molar-refractivity contribution < 1.29 is 9.90 Å². The Balaban J connectivity index is 0.000000221. The number of aliphatic carboxylic acids is 1. The maximum absolute atomic E-state index is 9.37. The third-order valence-electron chi connectivity index (χ3n) is 1.88. The van der Waals surface area contributed by atoms with Crippen molar-refractivity contribution in [1.82, 2.24) is 0 Å². The molecule has 1 aliphatic heterocycles. The Kier molecular flexibility index (Phi) is 4.79. The maximum Gasteiger partial charge on any atom is 0.303 e. The van der Waals surface area contributed by atoms with Crippen LogP contribution in [0.4, 0.5) is 5.69 Å². The lowest BCUT2D eigenvalue weighted by Gasteiger charge is -2.00. The van der Waals surface area contributed by atoms with E-state index in [0.29, 0.717) is 0 Å². The summed E-state index contributed by atoms with van der Waals surface area (Å²) >= 11 is 0. The molecule has 0 saturated carbocycles. The molecule has 0 radical (unpaired) electrons. The molecule has 1 heterocycles. The number of allylic oxidation sites excluding steroid dienone is 1. The van der Waals surface area contributed by atoms with Gasteiger partial charge in [0.25, 0.3) is 0 Å². The standard InChI is InChI=1S/C9H8N2.C3H6O2/c1-2-6-9-8(4-1)5-3-7-10-11-9;1-2-3(4)5/h1-7,11H;2H2,1H3,(H,4,5). The summed E-state index contributed by atoms with van der Waals surface area (Å²) in [6.07, 6.45) is 5.90. The summed E-state index contributed by atoms with van der Waals surface area (Å²) in [7, 11) is 0. The first kappa shape index (κ1) is 12.0. The number of anilines is 1. The van der Waals surface area contributed by atoms with Crippen LogP contribution >= 0.6 is 0 Å². The van der Waals surface area contributed by atoms with E-state index in [1.54, 1.807) is 13.1 Å². The molecule has 0 unspecified atom stereocenters. The van der Waals surface area contributed by atoms with E-state index in [1.807, 2.05) is 36.4 Å². The smallest absolute Gasteiger partial charge is 0.303 e. The number of carboxylic acids is 1. The van der Waals surface area contributed by atoms with Crippen LogP contribution in [0.15, 0.2) is 35.4 Å². The molecule has 1 aliphatic rings. The first-order valence-electron chi connectivity index (χ1n) is 5.00. The van der Waals surface area contributed by atoms with Crippen molar-refractivity contribution >= 4 is 23.9 Å². The average Bonchev–Trinajstić information content (AvgIpc) is 2.54. The van der Waals surface area contributed by atoms with E-state index in [4.69, 9.17) is 5.11 Å². The minimum absolute atomic E-state index is 0.222. The lowest BCUT2D eigenvalue weighted by atomic mass is 10.2. The second-order valence-electron chi connectivity index (χ2n) is 3.08. The van der Waals surface area contributed by atoms with Gasteiger partial charge in [-0.25, -0.2) is 0 Å². The number of para-hydroxylation sites is 1. The molecular weight excluding hydrogens is 204 g/mol. The van der Waals surface area contributed by atoms with Crippen LogP contribution in [-0.2, 0) is 4.79 Å². The summed E-state index contributed by atoms with van der Waals surface area (Å²) in [5, 5.41) is 11.7. The number of carbonyl (C=O) groups is 1. The third kappa shape index (κ3) is 3.96. The van der Waals surface area contributed by atoms with Gasteiger partial charge in [0.15, 0.2) is 0 Å². The first-order valence-corrected chi connectivity index (χ1v) is 5.00. The fourth-order valence-electron chi connectivity index (χ4n) is 1.04. The quantitative estimate of drug-likeness (QED) is 0.761. The zero-order valence-electron chi connectivity index (χ0n) is 9.05. The van der Waals surface area contributed by atoms with Gasteiger partial charge >= 0.3 is 5.97 Å². The van der Waals surface area contributed by atoms with Crippen LogP contribution < -0.4 is 5.43 Å². The van der Waals surface area contributed by atoms with Gasteiger partial charge in [0, 0.05) is 12.6 Å². The van der Waals surface area contributed by atoms with Crippen molar-refractivity contribution in [2.24, 2.45) is 5.10 Å². The molecule has 1 aromatic carbocycles. The Bertz CT molecular complexity index is 411. The number of fused-ring (bicyclic) bond motifs is 1. The Labute approximate surface area is 94.3 Å². The van der Waals surface area contributed by atoms with Crippen molar-refractivity contribution in [3.63, 3.8) is 0 Å². The van der Waals surface area contributed by atoms with Crippen molar-refractivity contribution in [3.05, 3.63) is 35.9 Å². The van der Waals surface area contributed by atoms with E-state index < -0.39 is 5.97 Å². The monoisotopic (exact) mass is 218 g/mol. The van der Waals surface area contributed by atoms with E-state index in [2.05, 4.69) is 10.5 Å². The Morgan fingerprint density at radius 2 is 2.12 bits per heavy atom. The zero-order valence-corrected chi connectivity index (χ0v) is 9.05. The fraction of sp³-hybridized carbons (Fsp3) is 0.167. The molecular formula is C12H14N2O2. The summed E-state index contributed by atoms with van der Waals surface area (Å²) < 4.78 is 0. The molecule has 2 N–H and O–H groups in total. The van der Waals surface area contributed by atoms with Gasteiger partial charge in [-0.2, -0.15) is 5.10 Å². The van der Waals surface area contributed by atoms with Crippen molar-refractivity contribution in [2.75, 3.05) is 5.43 Å². The molecule has 0 fully saturated rings. The third-order valence-corrected chi connectivity index (χ3v) is 1.88. The highest BCUT2D eigenvalue weighted by Gasteiger charge is 1.96. The van der Waals surface area contributed by atoms with Gasteiger partial charge in [0.2, 0.25) is 0 Å². The van der Waals surface area contributed by atoms with Crippen LogP contribution in [0.2, 0.25) is 0 Å². The summed E-state index contributed by atoms with van der Waals surface area (Å²) in [5.74, 6) is -0.745. The minimum atomic E-state index is -0.745. The highest BCUT2D eigenvalue weighted by Crippen LogP contribution is 2.17. The van der Waals surface area contributed by atoms with Crippen molar-refractivity contribution in [1.29, 1.82) is 0 Å². The summed E-state index contributed by atoms with van der Waals surface area (Å²) in [6, 6.07) is 8.05. The molecule has 0 aliphatic carbocycles. The molecule has 0 amide bonds. The molecule has 0 bridgehead atoms. The second kappa shape index (κ2) is 6.40. The van der Waals surface area contributed by atoms with Crippen molar-refractivity contribution in [2.45, 2.75) is 13.3 Å². The van der Waals surface area contributed by atoms with Crippen LogP contribution in [0.3, 0.4) is 0 Å². The van der Waals surface area contributed by atoms with Crippen LogP contribution in [0.5, 0.6) is 0 Å². The van der Waals surface area contributed by atoms with E-state index in [9.17, 15) is 4.79 Å². The second-order valence-corrected chi connectivity index (χ2v) is 3.08. The molecule has 2 rings (SSSR count). The number of nitrogens with one attached hydrogen (secondary N) is 1. The van der Waals surface area contributed by atoms with E-state index in [1.165, 1.54) is 5.56 Å². The lowest BCUT2D eigenvalue weighted by molar-refractivity contribution is -0.136. The largest absolute Gasteiger partial charge is 0.481 e. The number of hydrazone groups is 1. The number of carboxylic acid groups (broad SMARTS) is 1. The van der Waals surface area contributed by atoms with E-state index >= 15 is 0 Å². The maximum atomic E-state index is 9.37. The Hall–Kier alpha value is -2.10. The minimum Gasteiger partial charge on any atom is -0.481 e. The van der Waals surface area contributed by atoms with Crippen LogP contribution in [-0.4, -0.2) is 17.3 Å². The highest BCUT2D eigenvalue weighted by molar-refractivity contribution is 5.83. The number of nitrogens with zero attached hydrogens (tertiary/aromatic N) is 1. The van der Waals surface area contributed by atoms with Crippen LogP contribution in [0, 0.1) is 0 Å². The van der Waals surface area contributed by atoms with Crippen molar-refractivity contribution in [3.8, 4) is 0 Å². The van der Waals surface area contributed by atoms with Gasteiger partial charge in [0.05, 0.1) is 5.69 Å². The molecule has 16 heavy (non-hydrogen) atoms. The normalized spacial score (nSPS) is 11.6. The predicted molar refractivity (Wildman–Crippen MR) is 65.5 cm³/mol. The molecule has 1 aromatic rings. The van der Waals surface area contributed by atoms with E-state index in [0.717, 1.165) is 5.69 Å². The molecule has 0 spiro atoms. The topological polar surface area (TPSA) is 61.7 Å². The predicted octanol–water partition coefficient (Wildman–Crippen LogP) is 2.59. The SMILES string of the molecule is C1=Cc2ccccc2NN=C1.CCC(=O)O. The summed E-state index contributed by atoms with van der Waals surface area (Å²) in [4.78, 5) is 9.37. The van der Waals surface area contributed by atoms with E-state index in [-0.39, 0.29) is 6.42 Å². The fourth-order valence-corrected chi connectivity index (χ4v) is 1.04. The molecule has 0 saturated heterocycles. The Morgan fingerprint density at radius 1 is 1.44 bits per heavy atom. The molecule has 4 heteroatoms. The molecule has 0 aromatic heterocycles. The van der Waals surface area contributed by atoms with Gasteiger partial charge < -0.3 is 5.11 Å². The number of hydrogen-bond acceptors (Lipinski definition) is 3. The molecule has 0 atom stereocenters. The number of rotatable bonds is 1. The Morgan fingerprint density at radius 3 is 2.81 bits per heavy atom. The zero-order chi connectivity index (χ0) is 11.8. The molecule has 84 valence electrons. The molecule has 4 nitrogen and oxygen atoms in total. The number of hydrogen-bond donors (Lipinski definition) is 2. The van der Waals surface area contributed by atoms with Gasteiger partial charge in [-0.15, -0.1) is 0 Å². The average molecular weight is 218 g/mol. The lowest BCUT2D eigenvalue weighted by Crippen LogP contribution is -1.87. The van der Waals surface area contributed by atoms with Crippen LogP contribution in [0.1, 0.15) is 18.9 Å².